The number of hydrogen-bond acceptors (Lipinski definition) is 3. The highest BCUT2D eigenvalue weighted by atomic mass is 19.1. The predicted molar refractivity (Wildman–Crippen MR) is 61.6 cm³/mol. The Hall–Kier alpha value is -2.31. The van der Waals surface area contributed by atoms with E-state index in [1.165, 1.54) is 24.3 Å². The lowest BCUT2D eigenvalue weighted by Crippen LogP contribution is -2.39. The minimum atomic E-state index is -1.29. The first-order valence-corrected chi connectivity index (χ1v) is 5.62. The first-order valence-electron chi connectivity index (χ1n) is 5.62. The molecule has 0 radical (unpaired) electrons. The van der Waals surface area contributed by atoms with Crippen LogP contribution in [0.15, 0.2) is 24.3 Å². The topological polar surface area (TPSA) is 87.1 Å². The van der Waals surface area contributed by atoms with Crippen LogP contribution in [0.3, 0.4) is 0 Å². The van der Waals surface area contributed by atoms with E-state index < -0.39 is 30.0 Å². The van der Waals surface area contributed by atoms with Gasteiger partial charge in [0.05, 0.1) is 6.54 Å². The van der Waals surface area contributed by atoms with E-state index in [-0.39, 0.29) is 13.0 Å². The molecule has 7 heteroatoms. The SMILES string of the molecule is O=C(O)[C@H]1C[C@@H](Oc2ccc(F)cc2)CN1C(=O)O. The summed E-state index contributed by atoms with van der Waals surface area (Å²) in [7, 11) is 0. The number of aliphatic carboxylic acids is 1. The molecule has 6 nitrogen and oxygen atoms in total. The zero-order valence-electron chi connectivity index (χ0n) is 9.82. The van der Waals surface area contributed by atoms with Crippen molar-refractivity contribution in [3.05, 3.63) is 30.1 Å². The fourth-order valence-corrected chi connectivity index (χ4v) is 2.03. The summed E-state index contributed by atoms with van der Waals surface area (Å²) in [6.07, 6.45) is -1.78. The quantitative estimate of drug-likeness (QED) is 0.866. The Morgan fingerprint density at radius 2 is 1.89 bits per heavy atom. The lowest BCUT2D eigenvalue weighted by Gasteiger charge is -2.16. The molecular weight excluding hydrogens is 257 g/mol. The number of carbonyl (C=O) groups is 2. The molecular formula is C12H12FNO5. The molecule has 1 aromatic rings. The molecule has 0 aliphatic carbocycles. The van der Waals surface area contributed by atoms with E-state index in [1.54, 1.807) is 0 Å². The highest BCUT2D eigenvalue weighted by Gasteiger charge is 2.40. The summed E-state index contributed by atoms with van der Waals surface area (Å²) in [5.41, 5.74) is 0. The Labute approximate surface area is 108 Å². The lowest BCUT2D eigenvalue weighted by atomic mass is 10.2. The average molecular weight is 269 g/mol. The standard InChI is InChI=1S/C12H12FNO5/c13-7-1-3-8(4-2-7)19-9-5-10(11(15)16)14(6-9)12(17)18/h1-4,9-10H,5-6H2,(H,15,16)(H,17,18)/t9-,10-/m1/s1. The van der Waals surface area contributed by atoms with Crippen LogP contribution in [0.2, 0.25) is 0 Å². The van der Waals surface area contributed by atoms with Crippen LogP contribution >= 0.6 is 0 Å². The molecule has 1 fully saturated rings. The fraction of sp³-hybridized carbons (Fsp3) is 0.333. The summed E-state index contributed by atoms with van der Waals surface area (Å²) < 4.78 is 18.2. The molecule has 2 N–H and O–H groups in total. The summed E-state index contributed by atoms with van der Waals surface area (Å²) >= 11 is 0. The van der Waals surface area contributed by atoms with Gasteiger partial charge in [-0.3, -0.25) is 4.90 Å². The van der Waals surface area contributed by atoms with Crippen molar-refractivity contribution in [1.82, 2.24) is 4.90 Å². The van der Waals surface area contributed by atoms with Crippen molar-refractivity contribution in [2.75, 3.05) is 6.54 Å². The number of likely N-dealkylation sites (tertiary alicyclic amines) is 1. The van der Waals surface area contributed by atoms with E-state index in [4.69, 9.17) is 14.9 Å². The molecule has 1 heterocycles. The minimum absolute atomic E-state index is 0.0241. The number of carboxylic acid groups (broad SMARTS) is 2. The van der Waals surface area contributed by atoms with E-state index in [0.29, 0.717) is 5.75 Å². The number of ether oxygens (including phenoxy) is 1. The van der Waals surface area contributed by atoms with Gasteiger partial charge in [0, 0.05) is 6.42 Å². The second-order valence-corrected chi connectivity index (χ2v) is 4.22. The summed E-state index contributed by atoms with van der Waals surface area (Å²) in [6.45, 7) is -0.0241. The van der Waals surface area contributed by atoms with Crippen LogP contribution in [0, 0.1) is 5.82 Å². The molecule has 1 aliphatic rings. The summed E-state index contributed by atoms with van der Waals surface area (Å²) in [5.74, 6) is -1.23. The van der Waals surface area contributed by atoms with Crippen molar-refractivity contribution in [2.24, 2.45) is 0 Å². The zero-order chi connectivity index (χ0) is 14.0. The van der Waals surface area contributed by atoms with Gasteiger partial charge in [0.1, 0.15) is 23.7 Å². The number of carboxylic acids is 1. The Morgan fingerprint density at radius 3 is 2.37 bits per heavy atom. The Bertz CT molecular complexity index is 467. The number of hydrogen-bond donors (Lipinski definition) is 2. The first kappa shape index (κ1) is 13.1. The van der Waals surface area contributed by atoms with Gasteiger partial charge in [-0.25, -0.2) is 14.0 Å². The van der Waals surface area contributed by atoms with Crippen LogP contribution in [0.25, 0.3) is 0 Å². The normalized spacial score (nSPS) is 22.3. The highest BCUT2D eigenvalue weighted by molar-refractivity contribution is 5.80. The van der Waals surface area contributed by atoms with Gasteiger partial charge in [-0.15, -0.1) is 0 Å². The van der Waals surface area contributed by atoms with E-state index in [9.17, 15) is 14.0 Å². The fourth-order valence-electron chi connectivity index (χ4n) is 2.03. The molecule has 0 bridgehead atoms. The molecule has 0 saturated carbocycles. The van der Waals surface area contributed by atoms with Crippen LogP contribution in [0.1, 0.15) is 6.42 Å². The molecule has 0 unspecified atom stereocenters. The van der Waals surface area contributed by atoms with E-state index in [1.807, 2.05) is 0 Å². The van der Waals surface area contributed by atoms with Crippen molar-refractivity contribution < 1.29 is 28.9 Å². The largest absolute Gasteiger partial charge is 0.488 e. The summed E-state index contributed by atoms with van der Waals surface area (Å²) in [5, 5.41) is 17.9. The smallest absolute Gasteiger partial charge is 0.408 e. The van der Waals surface area contributed by atoms with Crippen LogP contribution in [-0.4, -0.2) is 45.9 Å². The molecule has 19 heavy (non-hydrogen) atoms. The number of halogens is 1. The van der Waals surface area contributed by atoms with Gasteiger partial charge >= 0.3 is 12.1 Å². The van der Waals surface area contributed by atoms with Gasteiger partial charge in [0.25, 0.3) is 0 Å². The maximum atomic E-state index is 12.7. The van der Waals surface area contributed by atoms with Crippen molar-refractivity contribution in [3.63, 3.8) is 0 Å². The predicted octanol–water partition coefficient (Wildman–Crippen LogP) is 1.41. The maximum Gasteiger partial charge on any atom is 0.408 e. The van der Waals surface area contributed by atoms with Gasteiger partial charge in [0.2, 0.25) is 0 Å². The second kappa shape index (κ2) is 5.13. The Morgan fingerprint density at radius 1 is 1.26 bits per heavy atom. The molecule has 1 amide bonds. The third-order valence-corrected chi connectivity index (χ3v) is 2.91. The minimum Gasteiger partial charge on any atom is -0.488 e. The van der Waals surface area contributed by atoms with E-state index in [0.717, 1.165) is 4.90 Å². The van der Waals surface area contributed by atoms with Gasteiger partial charge < -0.3 is 14.9 Å². The van der Waals surface area contributed by atoms with Crippen LogP contribution < -0.4 is 4.74 Å². The summed E-state index contributed by atoms with van der Waals surface area (Å²) in [6, 6.07) is 4.15. The van der Waals surface area contributed by atoms with Gasteiger partial charge in [-0.2, -0.15) is 0 Å². The molecule has 102 valence electrons. The molecule has 1 aliphatic heterocycles. The Balaban J connectivity index is 2.05. The third-order valence-electron chi connectivity index (χ3n) is 2.91. The first-order chi connectivity index (χ1) is 8.97. The van der Waals surface area contributed by atoms with Gasteiger partial charge in [0.15, 0.2) is 0 Å². The lowest BCUT2D eigenvalue weighted by molar-refractivity contribution is -0.141. The average Bonchev–Trinajstić information content (AvgIpc) is 2.76. The number of nitrogens with zero attached hydrogens (tertiary/aromatic N) is 1. The van der Waals surface area contributed by atoms with Crippen LogP contribution in [-0.2, 0) is 4.79 Å². The molecule has 2 rings (SSSR count). The third kappa shape index (κ3) is 2.93. The van der Waals surface area contributed by atoms with Gasteiger partial charge in [-0.1, -0.05) is 0 Å². The van der Waals surface area contributed by atoms with Crippen molar-refractivity contribution in [3.8, 4) is 5.75 Å². The highest BCUT2D eigenvalue weighted by Crippen LogP contribution is 2.23. The second-order valence-electron chi connectivity index (χ2n) is 4.22. The Kier molecular flexibility index (Phi) is 3.55. The van der Waals surface area contributed by atoms with E-state index in [2.05, 4.69) is 0 Å². The van der Waals surface area contributed by atoms with Gasteiger partial charge in [-0.05, 0) is 24.3 Å². The maximum absolute atomic E-state index is 12.7. The van der Waals surface area contributed by atoms with Crippen LogP contribution in [0.4, 0.5) is 9.18 Å². The molecule has 2 atom stereocenters. The number of benzene rings is 1. The summed E-state index contributed by atoms with van der Waals surface area (Å²) in [4.78, 5) is 22.7. The molecule has 0 aromatic heterocycles. The zero-order valence-corrected chi connectivity index (χ0v) is 9.82. The number of amides is 1. The van der Waals surface area contributed by atoms with Crippen molar-refractivity contribution >= 4 is 12.1 Å². The van der Waals surface area contributed by atoms with Crippen LogP contribution in [0.5, 0.6) is 5.75 Å². The monoisotopic (exact) mass is 269 g/mol. The van der Waals surface area contributed by atoms with Crippen molar-refractivity contribution in [2.45, 2.75) is 18.6 Å². The van der Waals surface area contributed by atoms with E-state index >= 15 is 0 Å². The number of rotatable bonds is 3. The molecule has 1 aromatic carbocycles. The molecule has 0 spiro atoms. The molecule has 1 saturated heterocycles. The van der Waals surface area contributed by atoms with Crippen molar-refractivity contribution in [1.29, 1.82) is 0 Å².